The van der Waals surface area contributed by atoms with Gasteiger partial charge < -0.3 is 4.74 Å². The van der Waals surface area contributed by atoms with Crippen LogP contribution in [0.2, 0.25) is 5.02 Å². The third-order valence-corrected chi connectivity index (χ3v) is 5.49. The van der Waals surface area contributed by atoms with Crippen molar-refractivity contribution in [2.24, 2.45) is 0 Å². The van der Waals surface area contributed by atoms with E-state index in [1.807, 2.05) is 0 Å². The van der Waals surface area contributed by atoms with Gasteiger partial charge in [0.25, 0.3) is 5.91 Å². The minimum Gasteiger partial charge on any atom is -0.456 e. The minimum atomic E-state index is -4.53. The highest BCUT2D eigenvalue weighted by atomic mass is 35.5. The van der Waals surface area contributed by atoms with Gasteiger partial charge in [0.2, 0.25) is 0 Å². The molecule has 32 heavy (non-hydrogen) atoms. The maximum atomic E-state index is 13.8. The number of carbonyl (C=O) groups excluding carboxylic acids is 1. The van der Waals surface area contributed by atoms with Crippen LogP contribution in [0.25, 0.3) is 10.2 Å². The van der Waals surface area contributed by atoms with Crippen molar-refractivity contribution in [1.82, 2.24) is 4.98 Å². The van der Waals surface area contributed by atoms with Gasteiger partial charge in [-0.1, -0.05) is 29.0 Å². The van der Waals surface area contributed by atoms with Crippen molar-refractivity contribution in [1.29, 1.82) is 0 Å². The summed E-state index contributed by atoms with van der Waals surface area (Å²) >= 11 is 6.92. The number of carbonyl (C=O) groups is 1. The smallest absolute Gasteiger partial charge is 0.416 e. The summed E-state index contributed by atoms with van der Waals surface area (Å²) in [5.74, 6) is -2.72. The highest BCUT2D eigenvalue weighted by Gasteiger charge is 2.31. The Kier molecular flexibility index (Phi) is 5.74. The number of thiazole rings is 1. The van der Waals surface area contributed by atoms with Gasteiger partial charge in [-0.2, -0.15) is 13.2 Å². The Morgan fingerprint density at radius 1 is 1.03 bits per heavy atom. The van der Waals surface area contributed by atoms with E-state index in [4.69, 9.17) is 16.3 Å². The van der Waals surface area contributed by atoms with E-state index in [9.17, 15) is 26.7 Å². The maximum Gasteiger partial charge on any atom is 0.416 e. The van der Waals surface area contributed by atoms with Crippen LogP contribution in [0, 0.1) is 11.6 Å². The molecule has 0 bridgehead atoms. The molecule has 0 radical (unpaired) electrons. The number of amides is 1. The third kappa shape index (κ3) is 4.51. The second-order valence-corrected chi connectivity index (χ2v) is 7.88. The monoisotopic (exact) mass is 484 g/mol. The molecule has 0 aliphatic rings. The van der Waals surface area contributed by atoms with E-state index in [2.05, 4.69) is 10.3 Å². The van der Waals surface area contributed by atoms with Crippen molar-refractivity contribution in [3.05, 3.63) is 82.4 Å². The van der Waals surface area contributed by atoms with Crippen molar-refractivity contribution in [2.45, 2.75) is 6.18 Å². The number of alkyl halides is 3. The Bertz CT molecular complexity index is 1320. The lowest BCUT2D eigenvalue weighted by molar-refractivity contribution is -0.137. The molecule has 11 heteroatoms. The summed E-state index contributed by atoms with van der Waals surface area (Å²) in [4.78, 5) is 16.4. The number of halogens is 6. The van der Waals surface area contributed by atoms with Crippen LogP contribution in [0.4, 0.5) is 27.1 Å². The van der Waals surface area contributed by atoms with Gasteiger partial charge in [0.15, 0.2) is 5.13 Å². The van der Waals surface area contributed by atoms with E-state index in [0.29, 0.717) is 10.2 Å². The number of rotatable bonds is 4. The lowest BCUT2D eigenvalue weighted by Gasteiger charge is -2.11. The summed E-state index contributed by atoms with van der Waals surface area (Å²) < 4.78 is 72.0. The molecule has 4 aromatic rings. The number of nitrogens with one attached hydrogen (secondary N) is 1. The topological polar surface area (TPSA) is 51.2 Å². The molecule has 3 aromatic carbocycles. The zero-order valence-corrected chi connectivity index (χ0v) is 17.2. The lowest BCUT2D eigenvalue weighted by atomic mass is 10.2. The van der Waals surface area contributed by atoms with Crippen molar-refractivity contribution in [2.75, 3.05) is 5.32 Å². The van der Waals surface area contributed by atoms with E-state index < -0.39 is 34.8 Å². The van der Waals surface area contributed by atoms with Crippen LogP contribution in [0.15, 0.2) is 54.6 Å². The highest BCUT2D eigenvalue weighted by Crippen LogP contribution is 2.37. The molecule has 1 N–H and O–H groups in total. The number of hydrogen-bond donors (Lipinski definition) is 1. The van der Waals surface area contributed by atoms with Crippen LogP contribution in [0.1, 0.15) is 15.9 Å². The molecule has 164 valence electrons. The fraction of sp³-hybridized carbons (Fsp3) is 0.0476. The Hall–Kier alpha value is -3.24. The molecule has 0 unspecified atom stereocenters. The van der Waals surface area contributed by atoms with Crippen LogP contribution < -0.4 is 10.1 Å². The zero-order valence-electron chi connectivity index (χ0n) is 15.6. The number of fused-ring (bicyclic) bond motifs is 1. The molecule has 0 saturated carbocycles. The normalized spacial score (nSPS) is 11.6. The molecule has 0 fully saturated rings. The van der Waals surface area contributed by atoms with Crippen LogP contribution in [-0.4, -0.2) is 10.9 Å². The van der Waals surface area contributed by atoms with Gasteiger partial charge >= 0.3 is 6.18 Å². The second kappa shape index (κ2) is 8.36. The fourth-order valence-corrected chi connectivity index (χ4v) is 3.89. The number of benzene rings is 3. The summed E-state index contributed by atoms with van der Waals surface area (Å²) in [6.07, 6.45) is -4.53. The Morgan fingerprint density at radius 2 is 1.75 bits per heavy atom. The molecule has 0 spiro atoms. The van der Waals surface area contributed by atoms with E-state index in [1.165, 1.54) is 6.07 Å². The van der Waals surface area contributed by atoms with E-state index in [1.54, 1.807) is 12.1 Å². The molecule has 1 amide bonds. The van der Waals surface area contributed by atoms with Gasteiger partial charge in [-0.25, -0.2) is 13.8 Å². The van der Waals surface area contributed by atoms with Crippen LogP contribution in [0.3, 0.4) is 0 Å². The number of ether oxygens (including phenoxy) is 1. The standard InChI is InChI=1S/C21H10ClF5N2O2S/c22-12-8-10(21(25,26)27)4-7-16(12)31-11-5-6-15-17(9-11)32-20(28-15)29-19(30)18-13(23)2-1-3-14(18)24/h1-9H,(H,28,29,30). The first-order chi connectivity index (χ1) is 15.1. The highest BCUT2D eigenvalue weighted by molar-refractivity contribution is 7.22. The molecule has 0 aliphatic carbocycles. The molecular formula is C21H10ClF5N2O2S. The summed E-state index contributed by atoms with van der Waals surface area (Å²) in [5.41, 5.74) is -1.17. The van der Waals surface area contributed by atoms with Crippen LogP contribution in [0.5, 0.6) is 11.5 Å². The van der Waals surface area contributed by atoms with Gasteiger partial charge in [-0.15, -0.1) is 0 Å². The first-order valence-electron chi connectivity index (χ1n) is 8.82. The molecule has 0 saturated heterocycles. The molecule has 0 aliphatic heterocycles. The third-order valence-electron chi connectivity index (χ3n) is 4.26. The number of hydrogen-bond acceptors (Lipinski definition) is 4. The summed E-state index contributed by atoms with van der Waals surface area (Å²) in [5, 5.41) is 2.22. The summed E-state index contributed by atoms with van der Waals surface area (Å²) in [7, 11) is 0. The van der Waals surface area contributed by atoms with Crippen molar-refractivity contribution >= 4 is 44.2 Å². The largest absolute Gasteiger partial charge is 0.456 e. The first kappa shape index (κ1) is 22.0. The van der Waals surface area contributed by atoms with Crippen molar-refractivity contribution in [3.8, 4) is 11.5 Å². The number of aromatic nitrogens is 1. The first-order valence-corrected chi connectivity index (χ1v) is 10.0. The van der Waals surface area contributed by atoms with E-state index in [0.717, 1.165) is 47.7 Å². The average molecular weight is 485 g/mol. The molecule has 4 nitrogen and oxygen atoms in total. The lowest BCUT2D eigenvalue weighted by Crippen LogP contribution is -2.15. The van der Waals surface area contributed by atoms with Gasteiger partial charge in [0, 0.05) is 6.07 Å². The quantitative estimate of drug-likeness (QED) is 0.309. The predicted molar refractivity (Wildman–Crippen MR) is 110 cm³/mol. The summed E-state index contributed by atoms with van der Waals surface area (Å²) in [6, 6.07) is 10.4. The Labute approximate surface area is 186 Å². The Balaban J connectivity index is 1.55. The molecule has 1 aromatic heterocycles. The average Bonchev–Trinajstić information content (AvgIpc) is 3.10. The summed E-state index contributed by atoms with van der Waals surface area (Å²) in [6.45, 7) is 0. The van der Waals surface area contributed by atoms with Crippen molar-refractivity contribution in [3.63, 3.8) is 0 Å². The SMILES string of the molecule is O=C(Nc1nc2ccc(Oc3ccc(C(F)(F)F)cc3Cl)cc2s1)c1c(F)cccc1F. The Morgan fingerprint density at radius 3 is 2.41 bits per heavy atom. The molecule has 1 heterocycles. The fourth-order valence-electron chi connectivity index (χ4n) is 2.78. The van der Waals surface area contributed by atoms with Gasteiger partial charge in [0.1, 0.15) is 28.7 Å². The second-order valence-electron chi connectivity index (χ2n) is 6.44. The predicted octanol–water partition coefficient (Wildman–Crippen LogP) is 7.29. The molecular weight excluding hydrogens is 475 g/mol. The molecule has 4 rings (SSSR count). The maximum absolute atomic E-state index is 13.8. The van der Waals surface area contributed by atoms with Crippen LogP contribution in [-0.2, 0) is 6.18 Å². The van der Waals surface area contributed by atoms with Gasteiger partial charge in [-0.05, 0) is 42.5 Å². The van der Waals surface area contributed by atoms with Crippen LogP contribution >= 0.6 is 22.9 Å². The van der Waals surface area contributed by atoms with E-state index in [-0.39, 0.29) is 21.7 Å². The van der Waals surface area contributed by atoms with Crippen molar-refractivity contribution < 1.29 is 31.5 Å². The number of nitrogens with zero attached hydrogens (tertiary/aromatic N) is 1. The van der Waals surface area contributed by atoms with Gasteiger partial charge in [0.05, 0.1) is 20.8 Å². The minimum absolute atomic E-state index is 0.0205. The molecule has 0 atom stereocenters. The number of anilines is 1. The van der Waals surface area contributed by atoms with Gasteiger partial charge in [-0.3, -0.25) is 10.1 Å². The van der Waals surface area contributed by atoms with E-state index >= 15 is 0 Å². The zero-order chi connectivity index (χ0) is 23.0.